The van der Waals surface area contributed by atoms with E-state index in [0.29, 0.717) is 26.2 Å². The highest BCUT2D eigenvalue weighted by atomic mass is 79.9. The van der Waals surface area contributed by atoms with Gasteiger partial charge in [-0.2, -0.15) is 0 Å². The standard InChI is InChI=1S/C25H17BrClFN2O3/c1-14-6-9-19(13-21(14)27)30-24(32)20(23(31)29-25(30)33)12-17-11-18(26)8-7-15(17)10-16-4-2-3-5-22(16)28/h2-9,11-13H,10H2,1H3,(H,29,31,33)/b20-12+. The molecule has 166 valence electrons. The van der Waals surface area contributed by atoms with Crippen LogP contribution in [-0.4, -0.2) is 17.8 Å². The summed E-state index contributed by atoms with van der Waals surface area (Å²) < 4.78 is 14.9. The van der Waals surface area contributed by atoms with Gasteiger partial charge < -0.3 is 0 Å². The number of benzene rings is 3. The fraction of sp³-hybridized carbons (Fsp3) is 0.0800. The number of hydrogen-bond donors (Lipinski definition) is 1. The number of carbonyl (C=O) groups excluding carboxylic acids is 3. The largest absolute Gasteiger partial charge is 0.335 e. The molecular formula is C25H17BrClFN2O3. The lowest BCUT2D eigenvalue weighted by molar-refractivity contribution is -0.122. The maximum atomic E-state index is 14.2. The topological polar surface area (TPSA) is 66.5 Å². The van der Waals surface area contributed by atoms with Gasteiger partial charge in [0, 0.05) is 15.9 Å². The van der Waals surface area contributed by atoms with Crippen molar-refractivity contribution in [1.29, 1.82) is 0 Å². The second-order valence-electron chi connectivity index (χ2n) is 7.50. The summed E-state index contributed by atoms with van der Waals surface area (Å²) >= 11 is 9.56. The molecule has 4 rings (SSSR count). The number of anilines is 1. The Balaban J connectivity index is 1.76. The highest BCUT2D eigenvalue weighted by molar-refractivity contribution is 9.10. The normalized spacial score (nSPS) is 15.2. The molecule has 0 aliphatic carbocycles. The first-order valence-electron chi connectivity index (χ1n) is 9.94. The van der Waals surface area contributed by atoms with Gasteiger partial charge in [0.1, 0.15) is 11.4 Å². The average molecular weight is 528 g/mol. The minimum Gasteiger partial charge on any atom is -0.273 e. The van der Waals surface area contributed by atoms with Gasteiger partial charge in [0.15, 0.2) is 0 Å². The summed E-state index contributed by atoms with van der Waals surface area (Å²) in [5.41, 5.74) is 2.53. The van der Waals surface area contributed by atoms with Crippen LogP contribution in [0.1, 0.15) is 22.3 Å². The number of urea groups is 1. The van der Waals surface area contributed by atoms with E-state index in [2.05, 4.69) is 21.2 Å². The van der Waals surface area contributed by atoms with Gasteiger partial charge in [-0.3, -0.25) is 14.9 Å². The first kappa shape index (κ1) is 22.9. The summed E-state index contributed by atoms with van der Waals surface area (Å²) in [6.45, 7) is 1.80. The number of imide groups is 2. The first-order chi connectivity index (χ1) is 15.7. The Morgan fingerprint density at radius 2 is 1.79 bits per heavy atom. The van der Waals surface area contributed by atoms with Crippen LogP contribution in [0.4, 0.5) is 14.9 Å². The van der Waals surface area contributed by atoms with Gasteiger partial charge in [0.2, 0.25) is 0 Å². The third kappa shape index (κ3) is 4.74. The molecule has 0 unspecified atom stereocenters. The summed E-state index contributed by atoms with van der Waals surface area (Å²) in [6.07, 6.45) is 1.67. The predicted molar refractivity (Wildman–Crippen MR) is 129 cm³/mol. The molecule has 0 atom stereocenters. The van der Waals surface area contributed by atoms with Crippen molar-refractivity contribution in [2.75, 3.05) is 4.90 Å². The van der Waals surface area contributed by atoms with Crippen LogP contribution in [0.2, 0.25) is 5.02 Å². The Morgan fingerprint density at radius 3 is 2.52 bits per heavy atom. The van der Waals surface area contributed by atoms with Crippen molar-refractivity contribution in [3.05, 3.63) is 104 Å². The van der Waals surface area contributed by atoms with Gasteiger partial charge in [-0.1, -0.05) is 57.9 Å². The zero-order valence-electron chi connectivity index (χ0n) is 17.4. The molecule has 1 fully saturated rings. The lowest BCUT2D eigenvalue weighted by Gasteiger charge is -2.26. The lowest BCUT2D eigenvalue weighted by Crippen LogP contribution is -2.54. The maximum Gasteiger partial charge on any atom is 0.335 e. The van der Waals surface area contributed by atoms with Gasteiger partial charge in [0.25, 0.3) is 11.8 Å². The van der Waals surface area contributed by atoms with Crippen LogP contribution < -0.4 is 10.2 Å². The highest BCUT2D eigenvalue weighted by Crippen LogP contribution is 2.28. The van der Waals surface area contributed by atoms with Crippen molar-refractivity contribution in [2.24, 2.45) is 0 Å². The third-order valence-corrected chi connectivity index (χ3v) is 6.16. The second-order valence-corrected chi connectivity index (χ2v) is 8.83. The molecule has 33 heavy (non-hydrogen) atoms. The molecule has 4 amide bonds. The lowest BCUT2D eigenvalue weighted by atomic mass is 9.97. The van der Waals surface area contributed by atoms with Crippen molar-refractivity contribution in [1.82, 2.24) is 5.32 Å². The zero-order valence-corrected chi connectivity index (χ0v) is 19.7. The number of nitrogens with one attached hydrogen (secondary N) is 1. The number of aryl methyl sites for hydroxylation is 1. The Kier molecular flexibility index (Phi) is 6.44. The number of rotatable bonds is 4. The Morgan fingerprint density at radius 1 is 1.03 bits per heavy atom. The van der Waals surface area contributed by atoms with Crippen molar-refractivity contribution in [3.63, 3.8) is 0 Å². The van der Waals surface area contributed by atoms with Crippen LogP contribution in [0.5, 0.6) is 0 Å². The molecule has 3 aromatic carbocycles. The molecule has 0 radical (unpaired) electrons. The fourth-order valence-corrected chi connectivity index (χ4v) is 4.03. The average Bonchev–Trinajstić information content (AvgIpc) is 2.76. The van der Waals surface area contributed by atoms with E-state index in [-0.39, 0.29) is 23.5 Å². The van der Waals surface area contributed by atoms with E-state index < -0.39 is 17.8 Å². The molecule has 3 aromatic rings. The van der Waals surface area contributed by atoms with E-state index in [1.165, 1.54) is 18.2 Å². The van der Waals surface area contributed by atoms with E-state index >= 15 is 0 Å². The van der Waals surface area contributed by atoms with Crippen LogP contribution in [0.25, 0.3) is 6.08 Å². The minimum atomic E-state index is -0.858. The summed E-state index contributed by atoms with van der Waals surface area (Å²) in [5.74, 6) is -1.93. The molecule has 0 bridgehead atoms. The Bertz CT molecular complexity index is 1340. The van der Waals surface area contributed by atoms with Gasteiger partial charge >= 0.3 is 6.03 Å². The molecule has 1 aliphatic rings. The SMILES string of the molecule is Cc1ccc(N2C(=O)NC(=O)/C(=C\c3cc(Br)ccc3Cc3ccccc3F)C2=O)cc1Cl. The predicted octanol–water partition coefficient (Wildman–Crippen LogP) is 5.81. The molecule has 1 N–H and O–H groups in total. The van der Waals surface area contributed by atoms with E-state index in [0.717, 1.165) is 10.5 Å². The maximum absolute atomic E-state index is 14.2. The number of halogens is 3. The molecule has 0 aromatic heterocycles. The number of carbonyl (C=O) groups is 3. The van der Waals surface area contributed by atoms with E-state index in [9.17, 15) is 18.8 Å². The zero-order chi connectivity index (χ0) is 23.7. The first-order valence-corrected chi connectivity index (χ1v) is 11.1. The monoisotopic (exact) mass is 526 g/mol. The van der Waals surface area contributed by atoms with Crippen LogP contribution in [-0.2, 0) is 16.0 Å². The van der Waals surface area contributed by atoms with Gasteiger partial charge in [-0.15, -0.1) is 0 Å². The number of hydrogen-bond acceptors (Lipinski definition) is 3. The number of nitrogens with zero attached hydrogens (tertiary/aromatic N) is 1. The van der Waals surface area contributed by atoms with E-state index in [1.807, 2.05) is 0 Å². The van der Waals surface area contributed by atoms with Crippen molar-refractivity contribution in [3.8, 4) is 0 Å². The van der Waals surface area contributed by atoms with Gasteiger partial charge in [-0.25, -0.2) is 14.1 Å². The van der Waals surface area contributed by atoms with Crippen LogP contribution >= 0.6 is 27.5 Å². The molecule has 1 aliphatic heterocycles. The highest BCUT2D eigenvalue weighted by Gasteiger charge is 2.37. The minimum absolute atomic E-state index is 0.223. The van der Waals surface area contributed by atoms with Crippen molar-refractivity contribution >= 4 is 57.1 Å². The Hall–Kier alpha value is -3.29. The van der Waals surface area contributed by atoms with Crippen molar-refractivity contribution in [2.45, 2.75) is 13.3 Å². The third-order valence-electron chi connectivity index (χ3n) is 5.26. The fourth-order valence-electron chi connectivity index (χ4n) is 3.48. The molecule has 8 heteroatoms. The van der Waals surface area contributed by atoms with E-state index in [4.69, 9.17) is 11.6 Å². The van der Waals surface area contributed by atoms with Crippen LogP contribution in [0.3, 0.4) is 0 Å². The number of amides is 4. The van der Waals surface area contributed by atoms with Gasteiger partial charge in [-0.05, 0) is 65.6 Å². The van der Waals surface area contributed by atoms with Crippen LogP contribution in [0.15, 0.2) is 70.7 Å². The summed E-state index contributed by atoms with van der Waals surface area (Å²) in [7, 11) is 0. The Labute approximate surface area is 203 Å². The van der Waals surface area contributed by atoms with Gasteiger partial charge in [0.05, 0.1) is 5.69 Å². The summed E-state index contributed by atoms with van der Waals surface area (Å²) in [5, 5.41) is 2.58. The quantitative estimate of drug-likeness (QED) is 0.344. The smallest absolute Gasteiger partial charge is 0.273 e. The van der Waals surface area contributed by atoms with Crippen LogP contribution in [0, 0.1) is 12.7 Å². The summed E-state index contributed by atoms with van der Waals surface area (Å²) in [6, 6.07) is 15.6. The van der Waals surface area contributed by atoms with E-state index in [1.54, 1.807) is 55.5 Å². The molecule has 1 heterocycles. The molecule has 0 saturated carbocycles. The molecule has 5 nitrogen and oxygen atoms in total. The molecular weight excluding hydrogens is 511 g/mol. The second kappa shape index (κ2) is 9.29. The molecule has 1 saturated heterocycles. The summed E-state index contributed by atoms with van der Waals surface area (Å²) in [4.78, 5) is 39.1. The number of barbiturate groups is 1. The van der Waals surface area contributed by atoms with Crippen molar-refractivity contribution < 1.29 is 18.8 Å². The molecule has 0 spiro atoms.